The third-order valence-corrected chi connectivity index (χ3v) is 3.59. The third kappa shape index (κ3) is 1.97. The molecule has 1 heterocycles. The van der Waals surface area contributed by atoms with Gasteiger partial charge in [0.1, 0.15) is 5.84 Å². The van der Waals surface area contributed by atoms with Crippen molar-refractivity contribution in [1.29, 1.82) is 0 Å². The molecular weight excluding hydrogens is 250 g/mol. The highest BCUT2D eigenvalue weighted by molar-refractivity contribution is 6.28. The Kier molecular flexibility index (Phi) is 2.74. The van der Waals surface area contributed by atoms with Crippen molar-refractivity contribution in [2.45, 2.75) is 25.4 Å². The van der Waals surface area contributed by atoms with Crippen LogP contribution in [0.1, 0.15) is 28.8 Å². The number of nitrogens with zero attached hydrogens (tertiary/aromatic N) is 2. The molecule has 0 unspecified atom stereocenters. The van der Waals surface area contributed by atoms with E-state index in [1.54, 1.807) is 0 Å². The summed E-state index contributed by atoms with van der Waals surface area (Å²) in [6.45, 7) is 0.697. The number of amidine groups is 1. The number of nitrogens with two attached hydrogens (primary N) is 1. The summed E-state index contributed by atoms with van der Waals surface area (Å²) in [6, 6.07) is 6.02. The van der Waals surface area contributed by atoms with E-state index >= 15 is 0 Å². The molecule has 2 aliphatic rings. The summed E-state index contributed by atoms with van der Waals surface area (Å²) >= 11 is 5.60. The van der Waals surface area contributed by atoms with Crippen LogP contribution in [0.25, 0.3) is 0 Å². The van der Waals surface area contributed by atoms with Crippen LogP contribution in [-0.4, -0.2) is 28.6 Å². The summed E-state index contributed by atoms with van der Waals surface area (Å²) < 4.78 is 0. The number of halogens is 1. The van der Waals surface area contributed by atoms with Crippen LogP contribution in [0.5, 0.6) is 0 Å². The molecule has 1 aliphatic heterocycles. The van der Waals surface area contributed by atoms with E-state index in [9.17, 15) is 4.79 Å². The van der Waals surface area contributed by atoms with Crippen LogP contribution in [0.4, 0.5) is 5.69 Å². The second-order valence-electron chi connectivity index (χ2n) is 4.74. The molecule has 1 fully saturated rings. The zero-order valence-corrected chi connectivity index (χ0v) is 10.7. The minimum absolute atomic E-state index is 0.147. The lowest BCUT2D eigenvalue weighted by molar-refractivity contribution is 0.0766. The summed E-state index contributed by atoms with van der Waals surface area (Å²) in [4.78, 5) is 18.3. The quantitative estimate of drug-likeness (QED) is 0.515. The normalized spacial score (nSPS) is 19.3. The molecule has 0 atom stereocenters. The summed E-state index contributed by atoms with van der Waals surface area (Å²) in [7, 11) is 0. The number of fused-ring (bicyclic) bond motifs is 1. The van der Waals surface area contributed by atoms with Gasteiger partial charge >= 0.3 is 0 Å². The number of carbonyl (C=O) groups excluding carboxylic acids is 1. The first-order valence-corrected chi connectivity index (χ1v) is 6.55. The Bertz CT molecular complexity index is 537. The van der Waals surface area contributed by atoms with E-state index < -0.39 is 0 Å². The number of hydrogen-bond acceptors (Lipinski definition) is 2. The van der Waals surface area contributed by atoms with Gasteiger partial charge in [-0.15, -0.1) is 11.6 Å². The number of rotatable bonds is 3. The highest BCUT2D eigenvalue weighted by atomic mass is 35.5. The first-order chi connectivity index (χ1) is 8.69. The SMILES string of the molecule is NC(CCl)=Nc1ccc2c(c1)CN(C1CC1)C2=O. The molecule has 1 aliphatic carbocycles. The molecule has 0 radical (unpaired) electrons. The maximum absolute atomic E-state index is 12.1. The van der Waals surface area contributed by atoms with Crippen molar-refractivity contribution in [3.05, 3.63) is 29.3 Å². The Labute approximate surface area is 110 Å². The van der Waals surface area contributed by atoms with Crippen LogP contribution < -0.4 is 5.73 Å². The van der Waals surface area contributed by atoms with Crippen molar-refractivity contribution in [1.82, 2.24) is 4.90 Å². The van der Waals surface area contributed by atoms with E-state index in [0.717, 1.165) is 29.7 Å². The predicted octanol–water partition coefficient (Wildman–Crippen LogP) is 2.03. The number of benzene rings is 1. The molecule has 0 saturated heterocycles. The molecule has 1 aromatic rings. The molecule has 4 nitrogen and oxygen atoms in total. The smallest absolute Gasteiger partial charge is 0.254 e. The molecule has 0 bridgehead atoms. The zero-order valence-electron chi connectivity index (χ0n) is 9.90. The second-order valence-corrected chi connectivity index (χ2v) is 5.01. The highest BCUT2D eigenvalue weighted by Gasteiger charge is 2.38. The molecule has 94 valence electrons. The number of carbonyl (C=O) groups is 1. The van der Waals surface area contributed by atoms with E-state index in [4.69, 9.17) is 17.3 Å². The topological polar surface area (TPSA) is 58.7 Å². The summed E-state index contributed by atoms with van der Waals surface area (Å²) in [5, 5.41) is 0. The minimum atomic E-state index is 0.147. The fourth-order valence-corrected chi connectivity index (χ4v) is 2.34. The van der Waals surface area contributed by atoms with Gasteiger partial charge in [0, 0.05) is 18.2 Å². The standard InChI is InChI=1S/C13H14ClN3O/c14-6-12(15)16-9-1-4-11-8(5-9)7-17(13(11)18)10-2-3-10/h1,4-5,10H,2-3,6-7H2,(H2,15,16). The van der Waals surface area contributed by atoms with Gasteiger partial charge in [0.25, 0.3) is 5.91 Å². The van der Waals surface area contributed by atoms with Gasteiger partial charge in [-0.2, -0.15) is 0 Å². The van der Waals surface area contributed by atoms with Gasteiger partial charge in [0.05, 0.1) is 11.6 Å². The first kappa shape index (κ1) is 11.5. The molecule has 3 rings (SSSR count). The van der Waals surface area contributed by atoms with Crippen molar-refractivity contribution in [2.24, 2.45) is 10.7 Å². The van der Waals surface area contributed by atoms with Gasteiger partial charge in [-0.25, -0.2) is 4.99 Å². The fraction of sp³-hybridized carbons (Fsp3) is 0.385. The Morgan fingerprint density at radius 1 is 1.50 bits per heavy atom. The van der Waals surface area contributed by atoms with Crippen molar-refractivity contribution >= 4 is 29.0 Å². The second kappa shape index (κ2) is 4.28. The van der Waals surface area contributed by atoms with Gasteiger partial charge in [-0.3, -0.25) is 4.79 Å². The monoisotopic (exact) mass is 263 g/mol. The van der Waals surface area contributed by atoms with Crippen LogP contribution in [0, 0.1) is 0 Å². The van der Waals surface area contributed by atoms with Gasteiger partial charge < -0.3 is 10.6 Å². The summed E-state index contributed by atoms with van der Waals surface area (Å²) in [6.07, 6.45) is 2.26. The number of hydrogen-bond donors (Lipinski definition) is 1. The molecule has 2 N–H and O–H groups in total. The maximum Gasteiger partial charge on any atom is 0.254 e. The number of alkyl halides is 1. The van der Waals surface area contributed by atoms with Gasteiger partial charge in [-0.1, -0.05) is 0 Å². The Morgan fingerprint density at radius 2 is 2.28 bits per heavy atom. The lowest BCUT2D eigenvalue weighted by Crippen LogP contribution is -2.25. The van der Waals surface area contributed by atoms with Crippen LogP contribution in [0.15, 0.2) is 23.2 Å². The van der Waals surface area contributed by atoms with Crippen molar-refractivity contribution in [3.8, 4) is 0 Å². The Hall–Kier alpha value is -1.55. The van der Waals surface area contributed by atoms with Crippen molar-refractivity contribution in [3.63, 3.8) is 0 Å². The minimum Gasteiger partial charge on any atom is -0.386 e. The van der Waals surface area contributed by atoms with Gasteiger partial charge in [0.2, 0.25) is 0 Å². The number of aliphatic imine (C=N–C) groups is 1. The van der Waals surface area contributed by atoms with E-state index in [-0.39, 0.29) is 11.8 Å². The zero-order chi connectivity index (χ0) is 12.7. The molecule has 1 aromatic carbocycles. The van der Waals surface area contributed by atoms with Crippen LogP contribution in [-0.2, 0) is 6.54 Å². The lowest BCUT2D eigenvalue weighted by atomic mass is 10.1. The van der Waals surface area contributed by atoms with Gasteiger partial charge in [-0.05, 0) is 36.6 Å². The Morgan fingerprint density at radius 3 is 2.94 bits per heavy atom. The van der Waals surface area contributed by atoms with Crippen molar-refractivity contribution in [2.75, 3.05) is 5.88 Å². The van der Waals surface area contributed by atoms with Crippen LogP contribution in [0.3, 0.4) is 0 Å². The lowest BCUT2D eigenvalue weighted by Gasteiger charge is -2.13. The average Bonchev–Trinajstić information content (AvgIpc) is 3.15. The van der Waals surface area contributed by atoms with Gasteiger partial charge in [0.15, 0.2) is 0 Å². The molecular formula is C13H14ClN3O. The predicted molar refractivity (Wildman–Crippen MR) is 71.3 cm³/mol. The largest absolute Gasteiger partial charge is 0.386 e. The van der Waals surface area contributed by atoms with Crippen LogP contribution >= 0.6 is 11.6 Å². The molecule has 1 amide bonds. The van der Waals surface area contributed by atoms with Crippen LogP contribution in [0.2, 0.25) is 0 Å². The molecule has 1 saturated carbocycles. The maximum atomic E-state index is 12.1. The summed E-state index contributed by atoms with van der Waals surface area (Å²) in [5.74, 6) is 0.748. The average molecular weight is 264 g/mol. The third-order valence-electron chi connectivity index (χ3n) is 3.32. The molecule has 5 heteroatoms. The van der Waals surface area contributed by atoms with E-state index in [2.05, 4.69) is 4.99 Å². The number of amides is 1. The van der Waals surface area contributed by atoms with E-state index in [1.165, 1.54) is 0 Å². The first-order valence-electron chi connectivity index (χ1n) is 6.02. The molecule has 0 spiro atoms. The van der Waals surface area contributed by atoms with Crippen molar-refractivity contribution < 1.29 is 4.79 Å². The Balaban J connectivity index is 1.90. The molecule has 0 aromatic heterocycles. The fourth-order valence-electron chi connectivity index (χ4n) is 2.28. The molecule has 18 heavy (non-hydrogen) atoms. The highest BCUT2D eigenvalue weighted by Crippen LogP contribution is 2.35. The summed E-state index contributed by atoms with van der Waals surface area (Å²) in [5.41, 5.74) is 8.20. The van der Waals surface area contributed by atoms with E-state index in [1.807, 2.05) is 23.1 Å². The van der Waals surface area contributed by atoms with E-state index in [0.29, 0.717) is 18.4 Å².